The molecule has 18 heavy (non-hydrogen) atoms. The van der Waals surface area contributed by atoms with Crippen LogP contribution >= 0.6 is 34.5 Å². The van der Waals surface area contributed by atoms with Crippen LogP contribution in [0, 0.1) is 0 Å². The molecule has 0 unspecified atom stereocenters. The van der Waals surface area contributed by atoms with Gasteiger partial charge >= 0.3 is 0 Å². The molecular weight excluding hydrogens is 317 g/mol. The van der Waals surface area contributed by atoms with Gasteiger partial charge in [0, 0.05) is 6.04 Å². The second-order valence-electron chi connectivity index (χ2n) is 4.27. The molecule has 102 valence electrons. The van der Waals surface area contributed by atoms with E-state index in [2.05, 4.69) is 4.72 Å². The van der Waals surface area contributed by atoms with Crippen molar-refractivity contribution >= 4 is 44.6 Å². The molecule has 1 aliphatic carbocycles. The van der Waals surface area contributed by atoms with Crippen molar-refractivity contribution in [2.24, 2.45) is 0 Å². The van der Waals surface area contributed by atoms with E-state index in [1.165, 1.54) is 6.07 Å². The maximum atomic E-state index is 12.1. The topological polar surface area (TPSA) is 66.4 Å². The zero-order valence-electron chi connectivity index (χ0n) is 9.40. The smallest absolute Gasteiger partial charge is 0.243 e. The summed E-state index contributed by atoms with van der Waals surface area (Å²) in [6.45, 7) is 0. The molecule has 2 rings (SSSR count). The summed E-state index contributed by atoms with van der Waals surface area (Å²) in [7, 11) is -3.72. The van der Waals surface area contributed by atoms with Gasteiger partial charge in [-0.3, -0.25) is 0 Å². The highest BCUT2D eigenvalue weighted by molar-refractivity contribution is 7.89. The maximum absolute atomic E-state index is 12.1. The number of rotatable bonds is 3. The SMILES string of the molecule is O=S(=O)(N[C@H]1CCCC[C@@H]1O)c1cc(Cl)sc1Cl. The first-order valence-corrected chi connectivity index (χ1v) is 8.61. The van der Waals surface area contributed by atoms with E-state index in [9.17, 15) is 13.5 Å². The summed E-state index contributed by atoms with van der Waals surface area (Å²) in [6, 6.07) is 0.880. The zero-order valence-corrected chi connectivity index (χ0v) is 12.5. The summed E-state index contributed by atoms with van der Waals surface area (Å²) in [5.41, 5.74) is 0. The number of halogens is 2. The van der Waals surface area contributed by atoms with Gasteiger partial charge in [0.15, 0.2) is 0 Å². The molecular formula is C10H13Cl2NO3S2. The lowest BCUT2D eigenvalue weighted by molar-refractivity contribution is 0.101. The standard InChI is InChI=1S/C10H13Cl2NO3S2/c11-9-5-8(10(12)17-9)18(15,16)13-6-3-1-2-4-7(6)14/h5-7,13-14H,1-4H2/t6-,7-/m0/s1. The van der Waals surface area contributed by atoms with Gasteiger partial charge in [0.1, 0.15) is 9.23 Å². The molecule has 0 bridgehead atoms. The zero-order chi connectivity index (χ0) is 13.3. The minimum absolute atomic E-state index is 0.0167. The number of hydrogen-bond acceptors (Lipinski definition) is 4. The van der Waals surface area contributed by atoms with Crippen LogP contribution in [0.1, 0.15) is 25.7 Å². The Morgan fingerprint density at radius 3 is 2.56 bits per heavy atom. The maximum Gasteiger partial charge on any atom is 0.243 e. The summed E-state index contributed by atoms with van der Waals surface area (Å²) >= 11 is 12.6. The van der Waals surface area contributed by atoms with Gasteiger partial charge in [0.05, 0.1) is 10.4 Å². The Balaban J connectivity index is 2.19. The molecule has 1 aromatic rings. The molecule has 1 saturated carbocycles. The van der Waals surface area contributed by atoms with E-state index < -0.39 is 22.2 Å². The second-order valence-corrected chi connectivity index (χ2v) is 8.24. The fourth-order valence-corrected chi connectivity index (χ4v) is 5.47. The quantitative estimate of drug-likeness (QED) is 0.895. The molecule has 0 spiro atoms. The molecule has 0 saturated heterocycles. The summed E-state index contributed by atoms with van der Waals surface area (Å²) in [5.74, 6) is 0. The van der Waals surface area contributed by atoms with Crippen LogP contribution in [0.25, 0.3) is 0 Å². The predicted octanol–water partition coefficient (Wildman–Crippen LogP) is 2.64. The molecule has 8 heteroatoms. The van der Waals surface area contributed by atoms with E-state index in [4.69, 9.17) is 23.2 Å². The summed E-state index contributed by atoms with van der Waals surface area (Å²) in [5, 5.41) is 9.77. The van der Waals surface area contributed by atoms with Gasteiger partial charge in [-0.2, -0.15) is 0 Å². The molecule has 1 aromatic heterocycles. The fourth-order valence-electron chi connectivity index (χ4n) is 2.02. The Bertz CT molecular complexity index is 529. The highest BCUT2D eigenvalue weighted by Crippen LogP contribution is 2.34. The van der Waals surface area contributed by atoms with Crippen molar-refractivity contribution in [1.29, 1.82) is 0 Å². The number of nitrogens with one attached hydrogen (secondary N) is 1. The van der Waals surface area contributed by atoms with Crippen LogP contribution in [-0.4, -0.2) is 25.7 Å². The van der Waals surface area contributed by atoms with Crippen molar-refractivity contribution < 1.29 is 13.5 Å². The van der Waals surface area contributed by atoms with E-state index in [0.717, 1.165) is 24.2 Å². The van der Waals surface area contributed by atoms with E-state index >= 15 is 0 Å². The van der Waals surface area contributed by atoms with Crippen molar-refractivity contribution in [3.8, 4) is 0 Å². The third-order valence-electron chi connectivity index (χ3n) is 2.95. The van der Waals surface area contributed by atoms with Crippen LogP contribution in [0.2, 0.25) is 8.67 Å². The third-order valence-corrected chi connectivity index (χ3v) is 6.19. The molecule has 1 fully saturated rings. The molecule has 0 aliphatic heterocycles. The van der Waals surface area contributed by atoms with Gasteiger partial charge in [0.2, 0.25) is 10.0 Å². The predicted molar refractivity (Wildman–Crippen MR) is 72.9 cm³/mol. The van der Waals surface area contributed by atoms with Crippen molar-refractivity contribution in [3.05, 3.63) is 14.7 Å². The first-order valence-electron chi connectivity index (χ1n) is 5.55. The van der Waals surface area contributed by atoms with Crippen molar-refractivity contribution in [2.45, 2.75) is 42.7 Å². The molecule has 1 heterocycles. The lowest BCUT2D eigenvalue weighted by Gasteiger charge is -2.27. The Morgan fingerprint density at radius 1 is 1.33 bits per heavy atom. The number of sulfonamides is 1. The lowest BCUT2D eigenvalue weighted by Crippen LogP contribution is -2.44. The normalized spacial score (nSPS) is 25.3. The third kappa shape index (κ3) is 3.18. The van der Waals surface area contributed by atoms with Gasteiger partial charge in [-0.1, -0.05) is 36.0 Å². The van der Waals surface area contributed by atoms with Gasteiger partial charge in [-0.25, -0.2) is 13.1 Å². The Morgan fingerprint density at radius 2 is 2.00 bits per heavy atom. The average molecular weight is 330 g/mol. The Labute approximate surface area is 120 Å². The van der Waals surface area contributed by atoms with Crippen LogP contribution in [0.4, 0.5) is 0 Å². The summed E-state index contributed by atoms with van der Waals surface area (Å²) in [4.78, 5) is -0.0167. The van der Waals surface area contributed by atoms with Crippen LogP contribution in [0.3, 0.4) is 0 Å². The number of thiophene rings is 1. The second kappa shape index (κ2) is 5.64. The molecule has 1 aliphatic rings. The number of aliphatic hydroxyl groups is 1. The average Bonchev–Trinajstić information content (AvgIpc) is 2.62. The van der Waals surface area contributed by atoms with Crippen molar-refractivity contribution in [2.75, 3.05) is 0 Å². The van der Waals surface area contributed by atoms with Crippen LogP contribution in [0.5, 0.6) is 0 Å². The molecule has 0 radical (unpaired) electrons. The van der Waals surface area contributed by atoms with Crippen LogP contribution < -0.4 is 4.72 Å². The fraction of sp³-hybridized carbons (Fsp3) is 0.600. The van der Waals surface area contributed by atoms with Crippen LogP contribution in [-0.2, 0) is 10.0 Å². The first-order chi connectivity index (χ1) is 8.40. The molecule has 2 atom stereocenters. The van der Waals surface area contributed by atoms with Gasteiger partial charge < -0.3 is 5.11 Å². The Hall–Kier alpha value is 0.150. The Kier molecular flexibility index (Phi) is 4.57. The highest BCUT2D eigenvalue weighted by atomic mass is 35.5. The first kappa shape index (κ1) is 14.6. The lowest BCUT2D eigenvalue weighted by atomic mass is 9.93. The molecule has 0 amide bonds. The van der Waals surface area contributed by atoms with Crippen LogP contribution in [0.15, 0.2) is 11.0 Å². The summed E-state index contributed by atoms with van der Waals surface area (Å²) in [6.07, 6.45) is 2.44. The molecule has 2 N–H and O–H groups in total. The molecule has 4 nitrogen and oxygen atoms in total. The minimum atomic E-state index is -3.72. The van der Waals surface area contributed by atoms with Crippen molar-refractivity contribution in [3.63, 3.8) is 0 Å². The van der Waals surface area contributed by atoms with Crippen molar-refractivity contribution in [1.82, 2.24) is 4.72 Å². The van der Waals surface area contributed by atoms with E-state index in [0.29, 0.717) is 17.2 Å². The minimum Gasteiger partial charge on any atom is -0.391 e. The van der Waals surface area contributed by atoms with Gasteiger partial charge in [-0.15, -0.1) is 11.3 Å². The molecule has 0 aromatic carbocycles. The van der Waals surface area contributed by atoms with Gasteiger partial charge in [0.25, 0.3) is 0 Å². The number of hydrogen-bond donors (Lipinski definition) is 2. The van der Waals surface area contributed by atoms with E-state index in [1.54, 1.807) is 0 Å². The largest absolute Gasteiger partial charge is 0.391 e. The number of aliphatic hydroxyl groups excluding tert-OH is 1. The highest BCUT2D eigenvalue weighted by Gasteiger charge is 2.30. The van der Waals surface area contributed by atoms with E-state index in [1.807, 2.05) is 0 Å². The van der Waals surface area contributed by atoms with E-state index in [-0.39, 0.29) is 9.23 Å². The summed E-state index contributed by atoms with van der Waals surface area (Å²) < 4.78 is 27.2. The monoisotopic (exact) mass is 329 g/mol. The van der Waals surface area contributed by atoms with Gasteiger partial charge in [-0.05, 0) is 18.9 Å².